The van der Waals surface area contributed by atoms with Crippen molar-refractivity contribution in [3.8, 4) is 11.4 Å². The molecule has 10 N–H and O–H groups in total. The number of hydrogen-bond acceptors (Lipinski definition) is 8. The summed E-state index contributed by atoms with van der Waals surface area (Å²) in [6.07, 6.45) is 9.35. The molecule has 4 rings (SSSR count). The Morgan fingerprint density at radius 2 is 1.70 bits per heavy atom. The summed E-state index contributed by atoms with van der Waals surface area (Å²) in [6.45, 7) is 17.5. The lowest BCUT2D eigenvalue weighted by Crippen LogP contribution is -2.32. The number of carbonyl (C=O) groups is 1. The van der Waals surface area contributed by atoms with Crippen molar-refractivity contribution in [3.63, 3.8) is 0 Å². The van der Waals surface area contributed by atoms with E-state index >= 15 is 0 Å². The number of allylic oxidation sites excluding steroid dienone is 3. The number of aliphatic hydroxyl groups excluding tert-OH is 1. The highest BCUT2D eigenvalue weighted by atomic mass is 127. The van der Waals surface area contributed by atoms with Gasteiger partial charge in [0.05, 0.1) is 10.4 Å². The Labute approximate surface area is 284 Å². The van der Waals surface area contributed by atoms with Crippen molar-refractivity contribution in [2.75, 3.05) is 36.6 Å². The van der Waals surface area contributed by atoms with Gasteiger partial charge in [0.25, 0.3) is 0 Å². The minimum absolute atomic E-state index is 0. The Morgan fingerprint density at radius 1 is 1.09 bits per heavy atom. The molecule has 252 valence electrons. The summed E-state index contributed by atoms with van der Waals surface area (Å²) < 4.78 is 10.7. The molecule has 0 bridgehead atoms. The molecule has 2 aliphatic rings. The number of aliphatic hydroxyl groups is 1. The van der Waals surface area contributed by atoms with E-state index in [0.29, 0.717) is 36.3 Å². The lowest BCUT2D eigenvalue weighted by Gasteiger charge is -2.36. The number of anilines is 2. The zero-order valence-electron chi connectivity index (χ0n) is 25.8. The van der Waals surface area contributed by atoms with Gasteiger partial charge in [-0.1, -0.05) is 19.9 Å². The fraction of sp³-hybridized carbons (Fsp3) is 0.387. The van der Waals surface area contributed by atoms with E-state index in [-0.39, 0.29) is 53.2 Å². The zero-order chi connectivity index (χ0) is 29.8. The lowest BCUT2D eigenvalue weighted by atomic mass is 9.94. The summed E-state index contributed by atoms with van der Waals surface area (Å²) >= 11 is 1.80. The highest BCUT2D eigenvalue weighted by molar-refractivity contribution is 14.0. The maximum atomic E-state index is 12.2. The molecule has 1 aromatic heterocycles. The van der Waals surface area contributed by atoms with Gasteiger partial charge in [0.2, 0.25) is 0 Å². The number of nitrogens with one attached hydrogen (secondary N) is 1. The maximum Gasteiger partial charge on any atom is 0.417 e. The molecule has 13 heteroatoms. The molecule has 0 atom stereocenters. The predicted octanol–water partition coefficient (Wildman–Crippen LogP) is 5.65. The second kappa shape index (κ2) is 27.7. The number of halogens is 1. The van der Waals surface area contributed by atoms with E-state index in [1.54, 1.807) is 30.0 Å². The highest BCUT2D eigenvalue weighted by Gasteiger charge is 2.37. The van der Waals surface area contributed by atoms with Crippen LogP contribution in [-0.2, 0) is 14.2 Å². The topological polar surface area (TPSA) is 214 Å². The Morgan fingerprint density at radius 3 is 2.25 bits per heavy atom. The van der Waals surface area contributed by atoms with E-state index < -0.39 is 6.09 Å². The van der Waals surface area contributed by atoms with Gasteiger partial charge < -0.3 is 36.7 Å². The molecule has 44 heavy (non-hydrogen) atoms. The van der Waals surface area contributed by atoms with Crippen LogP contribution < -0.4 is 11.1 Å². The van der Waals surface area contributed by atoms with Crippen molar-refractivity contribution >= 4 is 53.3 Å². The van der Waals surface area contributed by atoms with E-state index in [1.165, 1.54) is 0 Å². The number of aromatic nitrogens is 2. The van der Waals surface area contributed by atoms with Gasteiger partial charge in [0.15, 0.2) is 5.82 Å². The lowest BCUT2D eigenvalue weighted by molar-refractivity contribution is 0.0758. The zero-order valence-corrected chi connectivity index (χ0v) is 28.9. The molecule has 0 radical (unpaired) electrons. The number of nitrogen functional groups attached to an aromatic ring is 1. The second-order valence-electron chi connectivity index (χ2n) is 8.21. The highest BCUT2D eigenvalue weighted by Crippen LogP contribution is 2.45. The number of thioether (sulfide) groups is 1. The number of carbonyl (C=O) groups excluding carboxylic acids is 1. The summed E-state index contributed by atoms with van der Waals surface area (Å²) in [6, 6.07) is 9.12. The van der Waals surface area contributed by atoms with E-state index in [4.69, 9.17) is 20.2 Å². The van der Waals surface area contributed by atoms with Gasteiger partial charge in [-0.05, 0) is 74.3 Å². The molecule has 2 aromatic rings. The van der Waals surface area contributed by atoms with Crippen LogP contribution in [-0.4, -0.2) is 63.2 Å². The van der Waals surface area contributed by atoms with Gasteiger partial charge in [-0.15, -0.1) is 62.1 Å². The fourth-order valence-electron chi connectivity index (χ4n) is 3.95. The predicted molar refractivity (Wildman–Crippen MR) is 197 cm³/mol. The number of nitrogens with zero attached hydrogens (tertiary/aromatic N) is 2. The molecule has 11 nitrogen and oxygen atoms in total. The molecule has 1 aliphatic heterocycles. The van der Waals surface area contributed by atoms with Crippen molar-refractivity contribution in [1.82, 2.24) is 9.97 Å². The van der Waals surface area contributed by atoms with E-state index in [2.05, 4.69) is 36.6 Å². The van der Waals surface area contributed by atoms with Gasteiger partial charge in [-0.25, -0.2) is 14.8 Å². The summed E-state index contributed by atoms with van der Waals surface area (Å²) in [7, 11) is 0. The van der Waals surface area contributed by atoms with Crippen molar-refractivity contribution < 1.29 is 37.2 Å². The van der Waals surface area contributed by atoms with Crippen LogP contribution in [0, 0.1) is 0 Å². The summed E-state index contributed by atoms with van der Waals surface area (Å²) in [5, 5.41) is 12.0. The number of nitrogens with two attached hydrogens (primary N) is 1. The van der Waals surface area contributed by atoms with Gasteiger partial charge in [-0.3, -0.25) is 5.32 Å². The third kappa shape index (κ3) is 15.3. The first-order valence-corrected chi connectivity index (χ1v) is 14.5. The molecule has 1 fully saturated rings. The van der Waals surface area contributed by atoms with Crippen molar-refractivity contribution in [2.45, 2.75) is 50.7 Å². The first-order chi connectivity index (χ1) is 19.6. The Kier molecular flexibility index (Phi) is 30.3. The molecule has 0 saturated carbocycles. The maximum absolute atomic E-state index is 12.2. The quantitative estimate of drug-likeness (QED) is 0.174. The van der Waals surface area contributed by atoms with Crippen LogP contribution in [0.5, 0.6) is 0 Å². The van der Waals surface area contributed by atoms with E-state index in [1.807, 2.05) is 44.2 Å². The van der Waals surface area contributed by atoms with Crippen LogP contribution in [0.3, 0.4) is 0 Å². The first kappa shape index (κ1) is 48.1. The number of benzene rings is 1. The van der Waals surface area contributed by atoms with Gasteiger partial charge in [0.1, 0.15) is 11.6 Å². The average molecular weight is 753 g/mol. The molecule has 1 amide bonds. The molecule has 0 spiro atoms. The number of amides is 1. The number of ether oxygens (including phenoxy) is 2. The van der Waals surface area contributed by atoms with Gasteiger partial charge in [-0.2, -0.15) is 0 Å². The normalized spacial score (nSPS) is 13.6. The Bertz CT molecular complexity index is 1100. The molecular formula is C31H53IN4O7S. The van der Waals surface area contributed by atoms with Gasteiger partial charge >= 0.3 is 6.09 Å². The molecule has 0 unspecified atom stereocenters. The van der Waals surface area contributed by atoms with Gasteiger partial charge in [0, 0.05) is 38.6 Å². The standard InChI is InChI=1S/C25H30N4O4S.C2H6.2C2H4.HI.3H2O.H2/c26-22-17-21(25(34-16-4-13-30)11-14-32-15-12-25)28-23(29-22)18-7-9-19(10-8-18)27-24(31)33-20-5-2-1-3-6-20;3*1-2;;;;;/h2,5-10,17,30H,1,3-4,11-16H2,(H,27,31)(H2,26,28,29);1-2H3;2*1-2H2;1H;3*1H2;1H. The average Bonchev–Trinajstić information content (AvgIpc) is 3.01. The SMILES string of the molecule is C=C.C=C.CC.I.Nc1cc(C2(SCCCO)CCOCC2)nc(-c2ccc(NC(=O)OC3=CCCC=C3)cc2)n1.O.O.O.[HH]. The van der Waals surface area contributed by atoms with Crippen molar-refractivity contribution in [2.24, 2.45) is 0 Å². The van der Waals surface area contributed by atoms with E-state index in [9.17, 15) is 9.90 Å². The Hall–Kier alpha value is -2.79. The van der Waals surface area contributed by atoms with Crippen LogP contribution in [0.2, 0.25) is 0 Å². The molecule has 1 saturated heterocycles. The van der Waals surface area contributed by atoms with Crippen LogP contribution in [0.15, 0.2) is 80.6 Å². The molecular weight excluding hydrogens is 699 g/mol. The molecule has 1 aliphatic carbocycles. The van der Waals surface area contributed by atoms with Crippen LogP contribution in [0.4, 0.5) is 16.3 Å². The molecule has 2 heterocycles. The minimum atomic E-state index is -0.533. The smallest absolute Gasteiger partial charge is 0.412 e. The van der Waals surface area contributed by atoms with Crippen LogP contribution in [0.1, 0.15) is 53.1 Å². The van der Waals surface area contributed by atoms with E-state index in [0.717, 1.165) is 49.1 Å². The van der Waals surface area contributed by atoms with Crippen molar-refractivity contribution in [3.05, 3.63) is 86.3 Å². The van der Waals surface area contributed by atoms with Crippen LogP contribution in [0.25, 0.3) is 11.4 Å². The summed E-state index contributed by atoms with van der Waals surface area (Å²) in [4.78, 5) is 21.5. The largest absolute Gasteiger partial charge is 0.417 e. The second-order valence-corrected chi connectivity index (χ2v) is 9.69. The third-order valence-electron chi connectivity index (χ3n) is 5.76. The third-order valence-corrected chi connectivity index (χ3v) is 7.42. The minimum Gasteiger partial charge on any atom is -0.412 e. The summed E-state index contributed by atoms with van der Waals surface area (Å²) in [5.74, 6) is 2.34. The molecule has 1 aromatic carbocycles. The monoisotopic (exact) mass is 752 g/mol. The number of hydrogen-bond donors (Lipinski definition) is 3. The van der Waals surface area contributed by atoms with Crippen LogP contribution >= 0.6 is 35.7 Å². The van der Waals surface area contributed by atoms with Crippen molar-refractivity contribution in [1.29, 1.82) is 0 Å². The first-order valence-electron chi connectivity index (χ1n) is 13.5. The summed E-state index contributed by atoms with van der Waals surface area (Å²) in [5.41, 5.74) is 8.48. The fourth-order valence-corrected chi connectivity index (χ4v) is 5.33. The number of rotatable bonds is 8. The Balaban J connectivity index is -0.000000458.